The zero-order valence-corrected chi connectivity index (χ0v) is 16.4. The van der Waals surface area contributed by atoms with Gasteiger partial charge in [-0.25, -0.2) is 4.39 Å². The maximum atomic E-state index is 13.4. The molecule has 1 atom stereocenters. The van der Waals surface area contributed by atoms with Crippen LogP contribution < -0.4 is 0 Å². The fraction of sp³-hybridized carbons (Fsp3) is 0.333. The summed E-state index contributed by atoms with van der Waals surface area (Å²) in [5.41, 5.74) is 1.11. The molecular weight excluding hydrogens is 367 g/mol. The Hall–Kier alpha value is -2.95. The Morgan fingerprint density at radius 2 is 1.86 bits per heavy atom. The van der Waals surface area contributed by atoms with E-state index in [0.29, 0.717) is 25.1 Å². The van der Waals surface area contributed by atoms with Gasteiger partial charge in [0.1, 0.15) is 18.2 Å². The highest BCUT2D eigenvalue weighted by molar-refractivity contribution is 5.83. The van der Waals surface area contributed by atoms with Gasteiger partial charge >= 0.3 is 0 Å². The standard InChI is InChI=1S/C24H25FN2O2/c25-21-11-7-10-20(14-21)18-29-22-16-24(26-17-22,15-19-8-3-1-4-9-19)27-13-6-2-5-12-23(27)28/h1,3-4,7-11,14,16-17H,2,5-6,12-13,15,18H2. The lowest BCUT2D eigenvalue weighted by Crippen LogP contribution is -2.50. The zero-order chi connectivity index (χ0) is 20.1. The maximum absolute atomic E-state index is 13.4. The van der Waals surface area contributed by atoms with Gasteiger partial charge in [-0.2, -0.15) is 0 Å². The number of hydrogen-bond donors (Lipinski definition) is 0. The van der Waals surface area contributed by atoms with Gasteiger partial charge in [-0.15, -0.1) is 0 Å². The molecule has 4 nitrogen and oxygen atoms in total. The number of aliphatic imine (C=N–C) groups is 1. The third-order valence-corrected chi connectivity index (χ3v) is 5.43. The Labute approximate surface area is 170 Å². The van der Waals surface area contributed by atoms with Gasteiger partial charge < -0.3 is 9.64 Å². The fourth-order valence-electron chi connectivity index (χ4n) is 3.98. The Morgan fingerprint density at radius 1 is 1.03 bits per heavy atom. The minimum atomic E-state index is -0.764. The molecule has 0 radical (unpaired) electrons. The van der Waals surface area contributed by atoms with Gasteiger partial charge in [-0.05, 0) is 36.1 Å². The summed E-state index contributed by atoms with van der Waals surface area (Å²) in [5, 5.41) is 0. The van der Waals surface area contributed by atoms with E-state index in [2.05, 4.69) is 12.1 Å². The van der Waals surface area contributed by atoms with Crippen LogP contribution in [0.1, 0.15) is 36.8 Å². The molecule has 29 heavy (non-hydrogen) atoms. The summed E-state index contributed by atoms with van der Waals surface area (Å²) in [6, 6.07) is 16.4. The lowest BCUT2D eigenvalue weighted by atomic mass is 9.97. The van der Waals surface area contributed by atoms with E-state index in [9.17, 15) is 9.18 Å². The maximum Gasteiger partial charge on any atom is 0.224 e. The quantitative estimate of drug-likeness (QED) is 0.718. The van der Waals surface area contributed by atoms with Crippen LogP contribution in [0, 0.1) is 5.82 Å². The lowest BCUT2D eigenvalue weighted by Gasteiger charge is -2.37. The molecule has 2 heterocycles. The molecule has 0 aliphatic carbocycles. The number of allylic oxidation sites excluding steroid dienone is 1. The van der Waals surface area contributed by atoms with E-state index in [1.165, 1.54) is 12.1 Å². The van der Waals surface area contributed by atoms with E-state index in [1.807, 2.05) is 35.2 Å². The van der Waals surface area contributed by atoms with Gasteiger partial charge in [-0.3, -0.25) is 9.79 Å². The largest absolute Gasteiger partial charge is 0.487 e. The molecule has 2 aromatic rings. The molecule has 0 N–H and O–H groups in total. The summed E-state index contributed by atoms with van der Waals surface area (Å²) in [7, 11) is 0. The second-order valence-corrected chi connectivity index (χ2v) is 7.62. The molecule has 2 aliphatic rings. The first-order valence-electron chi connectivity index (χ1n) is 10.1. The van der Waals surface area contributed by atoms with Crippen molar-refractivity contribution in [2.75, 3.05) is 6.54 Å². The summed E-state index contributed by atoms with van der Waals surface area (Å²) in [5.74, 6) is 0.467. The summed E-state index contributed by atoms with van der Waals surface area (Å²) in [6.07, 6.45) is 7.75. The van der Waals surface area contributed by atoms with E-state index in [4.69, 9.17) is 9.73 Å². The molecule has 4 rings (SSSR count). The summed E-state index contributed by atoms with van der Waals surface area (Å²) in [6.45, 7) is 0.946. The topological polar surface area (TPSA) is 41.9 Å². The molecular formula is C24H25FN2O2. The first-order valence-corrected chi connectivity index (χ1v) is 10.1. The minimum Gasteiger partial charge on any atom is -0.487 e. The number of ether oxygens (including phenoxy) is 1. The molecule has 0 spiro atoms. The molecule has 0 aromatic heterocycles. The Balaban J connectivity index is 1.58. The Morgan fingerprint density at radius 3 is 2.69 bits per heavy atom. The van der Waals surface area contributed by atoms with E-state index in [-0.39, 0.29) is 18.3 Å². The monoisotopic (exact) mass is 392 g/mol. The van der Waals surface area contributed by atoms with Gasteiger partial charge in [0.25, 0.3) is 0 Å². The molecule has 0 saturated carbocycles. The number of benzene rings is 2. The van der Waals surface area contributed by atoms with Crippen LogP contribution >= 0.6 is 0 Å². The van der Waals surface area contributed by atoms with Crippen molar-refractivity contribution in [2.45, 2.75) is 44.4 Å². The molecule has 5 heteroatoms. The van der Waals surface area contributed by atoms with Crippen LogP contribution in [0.3, 0.4) is 0 Å². The molecule has 150 valence electrons. The zero-order valence-electron chi connectivity index (χ0n) is 16.4. The summed E-state index contributed by atoms with van der Waals surface area (Å²) < 4.78 is 19.3. The molecule has 1 saturated heterocycles. The second-order valence-electron chi connectivity index (χ2n) is 7.62. The van der Waals surface area contributed by atoms with Crippen LogP contribution in [0.2, 0.25) is 0 Å². The van der Waals surface area contributed by atoms with Crippen LogP contribution in [0.15, 0.2) is 71.4 Å². The smallest absolute Gasteiger partial charge is 0.224 e. The first-order chi connectivity index (χ1) is 14.1. The van der Waals surface area contributed by atoms with Crippen molar-refractivity contribution in [3.8, 4) is 0 Å². The van der Waals surface area contributed by atoms with Crippen LogP contribution in [-0.2, 0) is 22.6 Å². The fourth-order valence-corrected chi connectivity index (χ4v) is 3.98. The van der Waals surface area contributed by atoms with Crippen LogP contribution in [0.4, 0.5) is 4.39 Å². The predicted molar refractivity (Wildman–Crippen MR) is 111 cm³/mol. The van der Waals surface area contributed by atoms with Gasteiger partial charge in [0.2, 0.25) is 5.91 Å². The number of carbonyl (C=O) groups is 1. The SMILES string of the molecule is O=C1CCCCCN1C1(Cc2ccccc2)C=C(OCc2cccc(F)c2)C=N1. The van der Waals surface area contributed by atoms with Crippen molar-refractivity contribution >= 4 is 12.1 Å². The average molecular weight is 392 g/mol. The Bertz CT molecular complexity index is 925. The molecule has 1 amide bonds. The van der Waals surface area contributed by atoms with Gasteiger partial charge in [-0.1, -0.05) is 48.9 Å². The predicted octanol–water partition coefficient (Wildman–Crippen LogP) is 4.65. The van der Waals surface area contributed by atoms with Crippen molar-refractivity contribution < 1.29 is 13.9 Å². The summed E-state index contributed by atoms with van der Waals surface area (Å²) >= 11 is 0. The molecule has 2 aliphatic heterocycles. The number of likely N-dealkylation sites (tertiary alicyclic amines) is 1. The van der Waals surface area contributed by atoms with Gasteiger partial charge in [0.15, 0.2) is 5.66 Å². The third kappa shape index (κ3) is 4.56. The van der Waals surface area contributed by atoms with Gasteiger partial charge in [0, 0.05) is 25.5 Å². The van der Waals surface area contributed by atoms with Gasteiger partial charge in [0.05, 0.1) is 6.21 Å². The number of hydrogen-bond acceptors (Lipinski definition) is 3. The molecule has 2 aromatic carbocycles. The number of nitrogens with zero attached hydrogens (tertiary/aromatic N) is 2. The highest BCUT2D eigenvalue weighted by Gasteiger charge is 2.41. The van der Waals surface area contributed by atoms with Crippen molar-refractivity contribution in [1.29, 1.82) is 0 Å². The van der Waals surface area contributed by atoms with Crippen LogP contribution in [0.5, 0.6) is 0 Å². The number of halogens is 1. The third-order valence-electron chi connectivity index (χ3n) is 5.43. The number of amides is 1. The second kappa shape index (κ2) is 8.60. The Kier molecular flexibility index (Phi) is 5.74. The lowest BCUT2D eigenvalue weighted by molar-refractivity contribution is -0.135. The number of rotatable bonds is 6. The highest BCUT2D eigenvalue weighted by atomic mass is 19.1. The van der Waals surface area contributed by atoms with Crippen molar-refractivity contribution in [3.05, 3.63) is 83.4 Å². The number of carbonyl (C=O) groups excluding carboxylic acids is 1. The van der Waals surface area contributed by atoms with Crippen LogP contribution in [-0.4, -0.2) is 29.2 Å². The molecule has 0 bridgehead atoms. The van der Waals surface area contributed by atoms with E-state index >= 15 is 0 Å². The highest BCUT2D eigenvalue weighted by Crippen LogP contribution is 2.33. The van der Waals surface area contributed by atoms with Crippen molar-refractivity contribution in [2.24, 2.45) is 4.99 Å². The molecule has 1 unspecified atom stereocenters. The molecule has 1 fully saturated rings. The van der Waals surface area contributed by atoms with Crippen molar-refractivity contribution in [3.63, 3.8) is 0 Å². The van der Waals surface area contributed by atoms with E-state index < -0.39 is 5.66 Å². The normalized spacial score (nSPS) is 21.8. The first kappa shape index (κ1) is 19.4. The average Bonchev–Trinajstić information content (AvgIpc) is 3.00. The van der Waals surface area contributed by atoms with E-state index in [0.717, 1.165) is 30.4 Å². The van der Waals surface area contributed by atoms with Crippen molar-refractivity contribution in [1.82, 2.24) is 4.90 Å². The minimum absolute atomic E-state index is 0.137. The van der Waals surface area contributed by atoms with Crippen LogP contribution in [0.25, 0.3) is 0 Å². The summed E-state index contributed by atoms with van der Waals surface area (Å²) in [4.78, 5) is 19.5. The van der Waals surface area contributed by atoms with E-state index in [1.54, 1.807) is 12.3 Å².